The lowest BCUT2D eigenvalue weighted by Gasteiger charge is -2.09. The third kappa shape index (κ3) is 3.31. The van der Waals surface area contributed by atoms with E-state index < -0.39 is 5.92 Å². The minimum absolute atomic E-state index is 0.183. The van der Waals surface area contributed by atoms with E-state index in [1.54, 1.807) is 36.4 Å². The number of hydrogen-bond acceptors (Lipinski definition) is 2. The van der Waals surface area contributed by atoms with E-state index in [9.17, 15) is 10.1 Å². The van der Waals surface area contributed by atoms with E-state index in [1.165, 1.54) is 0 Å². The number of ketones is 1. The van der Waals surface area contributed by atoms with Crippen LogP contribution in [0.15, 0.2) is 57.5 Å². The van der Waals surface area contributed by atoms with Crippen LogP contribution in [0.25, 0.3) is 0 Å². The second kappa shape index (κ2) is 6.14. The Morgan fingerprint density at radius 1 is 0.947 bits per heavy atom. The lowest BCUT2D eigenvalue weighted by Crippen LogP contribution is -2.11. The van der Waals surface area contributed by atoms with Crippen LogP contribution in [0.1, 0.15) is 21.8 Å². The van der Waals surface area contributed by atoms with Crippen molar-refractivity contribution in [3.05, 3.63) is 68.6 Å². The molecule has 1 unspecified atom stereocenters. The summed E-state index contributed by atoms with van der Waals surface area (Å²) in [4.78, 5) is 12.3. The summed E-state index contributed by atoms with van der Waals surface area (Å²) in [5.41, 5.74) is 1.25. The molecule has 2 rings (SSSR count). The Kier molecular flexibility index (Phi) is 4.52. The number of benzene rings is 2. The molecule has 0 fully saturated rings. The molecule has 2 nitrogen and oxygen atoms in total. The minimum Gasteiger partial charge on any atom is -0.292 e. The largest absolute Gasteiger partial charge is 0.292 e. The number of nitrogens with zero attached hydrogens (tertiary/aromatic N) is 1. The van der Waals surface area contributed by atoms with Crippen LogP contribution in [0.5, 0.6) is 0 Å². The van der Waals surface area contributed by atoms with Gasteiger partial charge in [-0.05, 0) is 29.8 Å². The maximum atomic E-state index is 12.3. The zero-order valence-electron chi connectivity index (χ0n) is 9.81. The van der Waals surface area contributed by atoms with Crippen LogP contribution in [0.2, 0.25) is 0 Å². The molecule has 0 saturated carbocycles. The van der Waals surface area contributed by atoms with E-state index in [0.29, 0.717) is 11.1 Å². The maximum absolute atomic E-state index is 12.3. The van der Waals surface area contributed by atoms with Crippen LogP contribution in [-0.2, 0) is 0 Å². The van der Waals surface area contributed by atoms with E-state index in [0.717, 1.165) is 8.95 Å². The Morgan fingerprint density at radius 3 is 1.89 bits per heavy atom. The van der Waals surface area contributed by atoms with E-state index in [2.05, 4.69) is 37.9 Å². The van der Waals surface area contributed by atoms with Crippen LogP contribution in [0.3, 0.4) is 0 Å². The molecule has 0 aliphatic heterocycles. The molecule has 0 aromatic heterocycles. The SMILES string of the molecule is N#CC(C(=O)c1ccc(Br)cc1)c1ccc(Br)cc1. The lowest BCUT2D eigenvalue weighted by molar-refractivity contribution is 0.0979. The van der Waals surface area contributed by atoms with Crippen LogP contribution in [0, 0.1) is 11.3 Å². The summed E-state index contributed by atoms with van der Waals surface area (Å²) >= 11 is 6.65. The Bertz CT molecular complexity index is 627. The summed E-state index contributed by atoms with van der Waals surface area (Å²) in [6.45, 7) is 0. The molecule has 0 N–H and O–H groups in total. The first-order valence-corrected chi connectivity index (χ1v) is 7.15. The average Bonchev–Trinajstić information content (AvgIpc) is 2.42. The molecule has 1 atom stereocenters. The number of carbonyl (C=O) groups is 1. The number of Topliss-reactive ketones (excluding diaryl/α,β-unsaturated/α-hetero) is 1. The third-order valence-electron chi connectivity index (χ3n) is 2.72. The highest BCUT2D eigenvalue weighted by Gasteiger charge is 2.21. The Balaban J connectivity index is 2.32. The molecular weight excluding hydrogens is 370 g/mol. The molecule has 0 aliphatic carbocycles. The number of nitriles is 1. The van der Waals surface area contributed by atoms with Gasteiger partial charge in [-0.1, -0.05) is 56.1 Å². The molecule has 0 amide bonds. The van der Waals surface area contributed by atoms with Gasteiger partial charge in [-0.25, -0.2) is 0 Å². The van der Waals surface area contributed by atoms with Crippen molar-refractivity contribution in [1.29, 1.82) is 5.26 Å². The van der Waals surface area contributed by atoms with Gasteiger partial charge in [-0.15, -0.1) is 0 Å². The van der Waals surface area contributed by atoms with Crippen molar-refractivity contribution in [2.45, 2.75) is 5.92 Å². The van der Waals surface area contributed by atoms with Crippen LogP contribution < -0.4 is 0 Å². The molecule has 0 aliphatic rings. The lowest BCUT2D eigenvalue weighted by atomic mass is 9.92. The summed E-state index contributed by atoms with van der Waals surface area (Å²) in [5, 5.41) is 9.24. The summed E-state index contributed by atoms with van der Waals surface area (Å²) < 4.78 is 1.82. The second-order valence-electron chi connectivity index (χ2n) is 3.98. The number of carbonyl (C=O) groups excluding carboxylic acids is 1. The fourth-order valence-corrected chi connectivity index (χ4v) is 2.25. The quantitative estimate of drug-likeness (QED) is 0.726. The van der Waals surface area contributed by atoms with Gasteiger partial charge in [-0.2, -0.15) is 5.26 Å². The molecule has 4 heteroatoms. The van der Waals surface area contributed by atoms with E-state index in [4.69, 9.17) is 0 Å². The third-order valence-corrected chi connectivity index (χ3v) is 3.78. The van der Waals surface area contributed by atoms with Crippen molar-refractivity contribution in [3.8, 4) is 6.07 Å². The Hall–Kier alpha value is -1.44. The minimum atomic E-state index is -0.769. The van der Waals surface area contributed by atoms with Crippen LogP contribution in [-0.4, -0.2) is 5.78 Å². The van der Waals surface area contributed by atoms with Gasteiger partial charge in [0, 0.05) is 14.5 Å². The number of rotatable bonds is 3. The molecule has 0 bridgehead atoms. The smallest absolute Gasteiger partial charge is 0.184 e. The average molecular weight is 379 g/mol. The Labute approximate surface area is 128 Å². The van der Waals surface area contributed by atoms with E-state index >= 15 is 0 Å². The van der Waals surface area contributed by atoms with Gasteiger partial charge >= 0.3 is 0 Å². The van der Waals surface area contributed by atoms with Crippen LogP contribution in [0.4, 0.5) is 0 Å². The molecule has 2 aromatic carbocycles. The number of halogens is 2. The fourth-order valence-electron chi connectivity index (χ4n) is 1.72. The van der Waals surface area contributed by atoms with Gasteiger partial charge in [0.05, 0.1) is 6.07 Å². The van der Waals surface area contributed by atoms with Gasteiger partial charge in [0.2, 0.25) is 0 Å². The van der Waals surface area contributed by atoms with Crippen molar-refractivity contribution < 1.29 is 4.79 Å². The van der Waals surface area contributed by atoms with E-state index in [1.807, 2.05) is 12.1 Å². The fraction of sp³-hybridized carbons (Fsp3) is 0.0667. The highest BCUT2D eigenvalue weighted by Crippen LogP contribution is 2.23. The van der Waals surface area contributed by atoms with E-state index in [-0.39, 0.29) is 5.78 Å². The predicted octanol–water partition coefficient (Wildman–Crippen LogP) is 4.70. The highest BCUT2D eigenvalue weighted by atomic mass is 79.9. The molecule has 2 aromatic rings. The topological polar surface area (TPSA) is 40.9 Å². The van der Waals surface area contributed by atoms with Gasteiger partial charge in [-0.3, -0.25) is 4.79 Å². The van der Waals surface area contributed by atoms with Crippen molar-refractivity contribution in [2.75, 3.05) is 0 Å². The normalized spacial score (nSPS) is 11.6. The summed E-state index contributed by atoms with van der Waals surface area (Å²) in [6, 6.07) is 16.3. The zero-order valence-corrected chi connectivity index (χ0v) is 13.0. The first-order valence-electron chi connectivity index (χ1n) is 5.56. The maximum Gasteiger partial charge on any atom is 0.184 e. The van der Waals surface area contributed by atoms with Crippen LogP contribution >= 0.6 is 31.9 Å². The summed E-state index contributed by atoms with van der Waals surface area (Å²) in [6.07, 6.45) is 0. The highest BCUT2D eigenvalue weighted by molar-refractivity contribution is 9.10. The zero-order chi connectivity index (χ0) is 13.8. The molecular formula is C15H9Br2NO. The van der Waals surface area contributed by atoms with Crippen molar-refractivity contribution in [1.82, 2.24) is 0 Å². The first kappa shape index (κ1) is 14.0. The first-order chi connectivity index (χ1) is 9.11. The van der Waals surface area contributed by atoms with Gasteiger partial charge in [0.1, 0.15) is 5.92 Å². The summed E-state index contributed by atoms with van der Waals surface area (Å²) in [5.74, 6) is -0.952. The van der Waals surface area contributed by atoms with Gasteiger partial charge in [0.25, 0.3) is 0 Å². The molecule has 94 valence electrons. The molecule has 19 heavy (non-hydrogen) atoms. The van der Waals surface area contributed by atoms with Crippen molar-refractivity contribution in [2.24, 2.45) is 0 Å². The standard InChI is InChI=1S/C15H9Br2NO/c16-12-5-1-10(2-6-12)14(9-18)15(19)11-3-7-13(17)8-4-11/h1-8,14H. The van der Waals surface area contributed by atoms with Crippen molar-refractivity contribution in [3.63, 3.8) is 0 Å². The molecule has 0 heterocycles. The predicted molar refractivity (Wildman–Crippen MR) is 81.0 cm³/mol. The molecule has 0 spiro atoms. The Morgan fingerprint density at radius 2 is 1.42 bits per heavy atom. The van der Waals surface area contributed by atoms with Gasteiger partial charge in [0.15, 0.2) is 5.78 Å². The molecule has 0 saturated heterocycles. The monoisotopic (exact) mass is 377 g/mol. The van der Waals surface area contributed by atoms with Gasteiger partial charge < -0.3 is 0 Å². The second-order valence-corrected chi connectivity index (χ2v) is 5.82. The molecule has 0 radical (unpaired) electrons. The van der Waals surface area contributed by atoms with Crippen molar-refractivity contribution >= 4 is 37.6 Å². The summed E-state index contributed by atoms with van der Waals surface area (Å²) in [7, 11) is 0. The number of hydrogen-bond donors (Lipinski definition) is 0.